The number of aromatic nitrogens is 1. The number of benzene rings is 2. The Labute approximate surface area is 153 Å². The van der Waals surface area contributed by atoms with E-state index in [1.807, 2.05) is 18.2 Å². The molecule has 0 atom stereocenters. The van der Waals surface area contributed by atoms with E-state index in [2.05, 4.69) is 9.88 Å². The maximum atomic E-state index is 13.5. The van der Waals surface area contributed by atoms with Gasteiger partial charge in [-0.15, -0.1) is 0 Å². The third-order valence-electron chi connectivity index (χ3n) is 4.40. The van der Waals surface area contributed by atoms with Crippen LogP contribution < -0.4 is 4.90 Å². The van der Waals surface area contributed by atoms with Crippen molar-refractivity contribution in [2.45, 2.75) is 6.42 Å². The van der Waals surface area contributed by atoms with Crippen LogP contribution in [0.1, 0.15) is 20.9 Å². The highest BCUT2D eigenvalue weighted by molar-refractivity contribution is 7.17. The first-order valence-corrected chi connectivity index (χ1v) is 9.16. The second-order valence-electron chi connectivity index (χ2n) is 6.18. The van der Waals surface area contributed by atoms with Gasteiger partial charge in [0.05, 0.1) is 18.9 Å². The van der Waals surface area contributed by atoms with Crippen molar-refractivity contribution in [3.8, 4) is 0 Å². The minimum absolute atomic E-state index is 0.255. The van der Waals surface area contributed by atoms with Crippen LogP contribution in [0, 0.1) is 5.82 Å². The molecule has 1 saturated heterocycles. The first-order chi connectivity index (χ1) is 12.6. The highest BCUT2D eigenvalue weighted by atomic mass is 32.1. The molecular weight excluding hydrogens is 355 g/mol. The fourth-order valence-electron chi connectivity index (χ4n) is 3.09. The van der Waals surface area contributed by atoms with E-state index in [1.165, 1.54) is 23.5 Å². The lowest BCUT2D eigenvalue weighted by Gasteiger charge is -2.26. The van der Waals surface area contributed by atoms with Gasteiger partial charge < -0.3 is 14.7 Å². The second-order valence-corrected chi connectivity index (χ2v) is 7.16. The van der Waals surface area contributed by atoms with Gasteiger partial charge in [-0.1, -0.05) is 35.6 Å². The predicted octanol–water partition coefficient (Wildman–Crippen LogP) is 3.56. The standard InChI is InChI=1S/C19H17FN2O3S/c20-15-4-3-13-2-1-12(9-14(13)11-15)10-16-17(18(23)24)26-19(21-16)22-5-7-25-8-6-22/h1-4,9,11H,5-8,10H2,(H,23,24). The molecule has 1 aromatic heterocycles. The van der Waals surface area contributed by atoms with E-state index in [0.29, 0.717) is 43.5 Å². The summed E-state index contributed by atoms with van der Waals surface area (Å²) in [4.78, 5) is 18.5. The van der Waals surface area contributed by atoms with E-state index in [9.17, 15) is 14.3 Å². The van der Waals surface area contributed by atoms with E-state index in [0.717, 1.165) is 16.3 Å². The smallest absolute Gasteiger partial charge is 0.347 e. The van der Waals surface area contributed by atoms with Gasteiger partial charge in [-0.25, -0.2) is 14.2 Å². The third kappa shape index (κ3) is 3.40. The lowest BCUT2D eigenvalue weighted by Crippen LogP contribution is -2.36. The van der Waals surface area contributed by atoms with Gasteiger partial charge in [0.2, 0.25) is 0 Å². The summed E-state index contributed by atoms with van der Waals surface area (Å²) in [6, 6.07) is 10.4. The van der Waals surface area contributed by atoms with Crippen LogP contribution in [0.5, 0.6) is 0 Å². The molecule has 4 rings (SSSR count). The average Bonchev–Trinajstić information content (AvgIpc) is 3.06. The Bertz CT molecular complexity index is 967. The van der Waals surface area contributed by atoms with Crippen molar-refractivity contribution in [2.75, 3.05) is 31.2 Å². The Morgan fingerprint density at radius 2 is 1.96 bits per heavy atom. The van der Waals surface area contributed by atoms with Crippen LogP contribution in [0.2, 0.25) is 0 Å². The number of aromatic carboxylic acids is 1. The molecule has 0 saturated carbocycles. The number of hydrogen-bond acceptors (Lipinski definition) is 5. The van der Waals surface area contributed by atoms with Crippen molar-refractivity contribution in [3.05, 3.63) is 58.3 Å². The van der Waals surface area contributed by atoms with Crippen molar-refractivity contribution in [1.29, 1.82) is 0 Å². The molecular formula is C19H17FN2O3S. The summed E-state index contributed by atoms with van der Waals surface area (Å²) in [5.41, 5.74) is 1.45. The second kappa shape index (κ2) is 7.01. The Kier molecular flexibility index (Phi) is 4.57. The molecule has 0 unspecified atom stereocenters. The van der Waals surface area contributed by atoms with Crippen LogP contribution >= 0.6 is 11.3 Å². The first-order valence-electron chi connectivity index (χ1n) is 8.34. The summed E-state index contributed by atoms with van der Waals surface area (Å²) >= 11 is 1.20. The Hall–Kier alpha value is -2.51. The van der Waals surface area contributed by atoms with Crippen LogP contribution in [0.15, 0.2) is 36.4 Å². The summed E-state index contributed by atoms with van der Waals surface area (Å²) in [6.45, 7) is 2.66. The van der Waals surface area contributed by atoms with Gasteiger partial charge in [-0.05, 0) is 28.5 Å². The fourth-order valence-corrected chi connectivity index (χ4v) is 4.06. The summed E-state index contributed by atoms with van der Waals surface area (Å²) in [7, 11) is 0. The quantitative estimate of drug-likeness (QED) is 0.759. The number of ether oxygens (including phenoxy) is 1. The zero-order valence-electron chi connectivity index (χ0n) is 13.9. The molecule has 0 spiro atoms. The Morgan fingerprint density at radius 1 is 1.19 bits per heavy atom. The largest absolute Gasteiger partial charge is 0.477 e. The van der Waals surface area contributed by atoms with Gasteiger partial charge in [-0.2, -0.15) is 0 Å². The van der Waals surface area contributed by atoms with E-state index >= 15 is 0 Å². The number of carboxylic acids is 1. The molecule has 1 N–H and O–H groups in total. The molecule has 2 aromatic carbocycles. The summed E-state index contributed by atoms with van der Waals surface area (Å²) in [5.74, 6) is -1.26. The minimum atomic E-state index is -0.969. The zero-order chi connectivity index (χ0) is 18.1. The molecule has 5 nitrogen and oxygen atoms in total. The van der Waals surface area contributed by atoms with E-state index in [1.54, 1.807) is 6.07 Å². The van der Waals surface area contributed by atoms with E-state index in [4.69, 9.17) is 4.74 Å². The summed E-state index contributed by atoms with van der Waals surface area (Å²) in [5, 5.41) is 12.0. The first kappa shape index (κ1) is 16.9. The zero-order valence-corrected chi connectivity index (χ0v) is 14.8. The Balaban J connectivity index is 1.66. The number of morpholine rings is 1. The van der Waals surface area contributed by atoms with Crippen molar-refractivity contribution in [2.24, 2.45) is 0 Å². The SMILES string of the molecule is O=C(O)c1sc(N2CCOCC2)nc1Cc1ccc2ccc(F)cc2c1. The number of carboxylic acid groups (broad SMARTS) is 1. The molecule has 0 bridgehead atoms. The van der Waals surface area contributed by atoms with Crippen LogP contribution in [0.25, 0.3) is 10.8 Å². The minimum Gasteiger partial charge on any atom is -0.477 e. The molecule has 26 heavy (non-hydrogen) atoms. The average molecular weight is 372 g/mol. The number of anilines is 1. The van der Waals surface area contributed by atoms with Gasteiger partial charge in [0.1, 0.15) is 10.7 Å². The molecule has 1 aliphatic rings. The lowest BCUT2D eigenvalue weighted by atomic mass is 10.0. The monoisotopic (exact) mass is 372 g/mol. The molecule has 1 aliphatic heterocycles. The number of nitrogens with zero attached hydrogens (tertiary/aromatic N) is 2. The maximum absolute atomic E-state index is 13.5. The number of thiazole rings is 1. The summed E-state index contributed by atoms with van der Waals surface area (Å²) < 4.78 is 18.8. The number of carbonyl (C=O) groups is 1. The van der Waals surface area contributed by atoms with Gasteiger partial charge >= 0.3 is 5.97 Å². The van der Waals surface area contributed by atoms with Crippen molar-refractivity contribution in [3.63, 3.8) is 0 Å². The molecule has 1 fully saturated rings. The topological polar surface area (TPSA) is 62.7 Å². The van der Waals surface area contributed by atoms with Gasteiger partial charge in [0.15, 0.2) is 5.13 Å². The van der Waals surface area contributed by atoms with Crippen LogP contribution in [0.3, 0.4) is 0 Å². The number of fused-ring (bicyclic) bond motifs is 1. The number of rotatable bonds is 4. The normalized spacial score (nSPS) is 14.7. The summed E-state index contributed by atoms with van der Waals surface area (Å²) in [6.07, 6.45) is 0.398. The molecule has 0 radical (unpaired) electrons. The van der Waals surface area contributed by atoms with Gasteiger partial charge in [0, 0.05) is 19.5 Å². The highest BCUT2D eigenvalue weighted by Gasteiger charge is 2.22. The van der Waals surface area contributed by atoms with Crippen molar-refractivity contribution in [1.82, 2.24) is 4.98 Å². The Morgan fingerprint density at radius 3 is 2.73 bits per heavy atom. The van der Waals surface area contributed by atoms with Gasteiger partial charge in [-0.3, -0.25) is 0 Å². The van der Waals surface area contributed by atoms with Crippen LogP contribution in [-0.4, -0.2) is 42.4 Å². The van der Waals surface area contributed by atoms with Crippen molar-refractivity contribution >= 4 is 33.2 Å². The molecule has 134 valence electrons. The van der Waals surface area contributed by atoms with Gasteiger partial charge in [0.25, 0.3) is 0 Å². The van der Waals surface area contributed by atoms with E-state index < -0.39 is 5.97 Å². The van der Waals surface area contributed by atoms with Crippen LogP contribution in [-0.2, 0) is 11.2 Å². The fraction of sp³-hybridized carbons (Fsp3) is 0.263. The third-order valence-corrected chi connectivity index (χ3v) is 5.55. The predicted molar refractivity (Wildman–Crippen MR) is 98.8 cm³/mol. The molecule has 3 aromatic rings. The van der Waals surface area contributed by atoms with E-state index in [-0.39, 0.29) is 10.7 Å². The molecule has 0 amide bonds. The molecule has 7 heteroatoms. The highest BCUT2D eigenvalue weighted by Crippen LogP contribution is 2.29. The lowest BCUT2D eigenvalue weighted by molar-refractivity contribution is 0.0701. The number of hydrogen-bond donors (Lipinski definition) is 1. The van der Waals surface area contributed by atoms with Crippen molar-refractivity contribution < 1.29 is 19.0 Å². The number of halogens is 1. The van der Waals surface area contributed by atoms with Crippen LogP contribution in [0.4, 0.5) is 9.52 Å². The molecule has 2 heterocycles. The molecule has 0 aliphatic carbocycles. The maximum Gasteiger partial charge on any atom is 0.347 e.